The summed E-state index contributed by atoms with van der Waals surface area (Å²) in [4.78, 5) is 10.3. The zero-order valence-electron chi connectivity index (χ0n) is 9.06. The van der Waals surface area contributed by atoms with Gasteiger partial charge in [-0.05, 0) is 12.1 Å². The molecule has 0 aliphatic rings. The summed E-state index contributed by atoms with van der Waals surface area (Å²) in [6.45, 7) is 0. The van der Waals surface area contributed by atoms with Crippen LogP contribution < -0.4 is 0 Å². The Morgan fingerprint density at radius 3 is 2.47 bits per heavy atom. The first-order valence-corrected chi connectivity index (χ1v) is 5.79. The van der Waals surface area contributed by atoms with Crippen molar-refractivity contribution in [2.75, 3.05) is 5.75 Å². The molecule has 0 atom stereocenters. The molecule has 0 aliphatic heterocycles. The smallest absolute Gasteiger partial charge is 0.314 e. The van der Waals surface area contributed by atoms with E-state index in [2.05, 4.69) is 10.2 Å². The Balaban J connectivity index is 2.25. The van der Waals surface area contributed by atoms with Gasteiger partial charge in [0.2, 0.25) is 5.89 Å². The van der Waals surface area contributed by atoms with Gasteiger partial charge in [0, 0.05) is 5.56 Å². The van der Waals surface area contributed by atoms with E-state index >= 15 is 0 Å². The van der Waals surface area contributed by atoms with Crippen LogP contribution in [0.1, 0.15) is 0 Å². The number of rotatable bonds is 4. The second-order valence-corrected chi connectivity index (χ2v) is 4.24. The number of hydrogen-bond donors (Lipinski definition) is 1. The van der Waals surface area contributed by atoms with Crippen LogP contribution in [0.2, 0.25) is 0 Å². The van der Waals surface area contributed by atoms with Crippen molar-refractivity contribution in [2.45, 2.75) is 5.22 Å². The zero-order chi connectivity index (χ0) is 14.0. The number of halogens is 3. The molecule has 0 radical (unpaired) electrons. The van der Waals surface area contributed by atoms with Crippen molar-refractivity contribution in [3.8, 4) is 11.5 Å². The lowest BCUT2D eigenvalue weighted by Gasteiger charge is -1.98. The van der Waals surface area contributed by atoms with Crippen molar-refractivity contribution >= 4 is 17.7 Å². The second kappa shape index (κ2) is 5.31. The monoisotopic (exact) mass is 290 g/mol. The molecule has 1 N–H and O–H groups in total. The highest BCUT2D eigenvalue weighted by molar-refractivity contribution is 7.99. The molecule has 0 bridgehead atoms. The van der Waals surface area contributed by atoms with Crippen molar-refractivity contribution in [3.05, 3.63) is 29.6 Å². The first-order chi connectivity index (χ1) is 8.97. The molecule has 9 heteroatoms. The standard InChI is InChI=1S/C10H5F3N2O3S/c11-5-1-4(2-6(12)8(5)13)9-14-15-10(18-9)19-3-7(16)17/h1-2H,3H2,(H,16,17). The molecule has 0 aliphatic carbocycles. The fourth-order valence-electron chi connectivity index (χ4n) is 1.19. The number of benzene rings is 1. The van der Waals surface area contributed by atoms with Gasteiger partial charge in [-0.25, -0.2) is 13.2 Å². The van der Waals surface area contributed by atoms with Crippen LogP contribution in [0.3, 0.4) is 0 Å². The van der Waals surface area contributed by atoms with Gasteiger partial charge in [0.1, 0.15) is 5.75 Å². The van der Waals surface area contributed by atoms with Crippen LogP contribution in [-0.2, 0) is 4.79 Å². The van der Waals surface area contributed by atoms with E-state index in [9.17, 15) is 18.0 Å². The Bertz CT molecular complexity index is 609. The number of carboxylic acids is 1. The maximum Gasteiger partial charge on any atom is 0.314 e. The lowest BCUT2D eigenvalue weighted by molar-refractivity contribution is -0.133. The van der Waals surface area contributed by atoms with Crippen molar-refractivity contribution in [1.29, 1.82) is 0 Å². The van der Waals surface area contributed by atoms with Crippen molar-refractivity contribution in [1.82, 2.24) is 10.2 Å². The van der Waals surface area contributed by atoms with E-state index in [-0.39, 0.29) is 22.4 Å². The van der Waals surface area contributed by atoms with Crippen LogP contribution in [0.25, 0.3) is 11.5 Å². The molecule has 1 heterocycles. The van der Waals surface area contributed by atoms with Crippen LogP contribution in [0.15, 0.2) is 21.8 Å². The van der Waals surface area contributed by atoms with E-state index in [0.717, 1.165) is 11.8 Å². The Kier molecular flexibility index (Phi) is 3.74. The molecule has 19 heavy (non-hydrogen) atoms. The number of carboxylic acid groups (broad SMARTS) is 1. The third-order valence-electron chi connectivity index (χ3n) is 1.96. The van der Waals surface area contributed by atoms with Gasteiger partial charge in [-0.15, -0.1) is 10.2 Å². The minimum absolute atomic E-state index is 0.0671. The molecule has 1 aromatic heterocycles. The van der Waals surface area contributed by atoms with Gasteiger partial charge in [-0.1, -0.05) is 11.8 Å². The zero-order valence-corrected chi connectivity index (χ0v) is 9.88. The molecule has 2 rings (SSSR count). The van der Waals surface area contributed by atoms with Crippen molar-refractivity contribution in [2.24, 2.45) is 0 Å². The lowest BCUT2D eigenvalue weighted by atomic mass is 10.2. The van der Waals surface area contributed by atoms with Crippen LogP contribution in [0, 0.1) is 17.5 Å². The molecule has 0 spiro atoms. The van der Waals surface area contributed by atoms with E-state index in [1.165, 1.54) is 0 Å². The highest BCUT2D eigenvalue weighted by Gasteiger charge is 2.16. The van der Waals surface area contributed by atoms with Gasteiger partial charge in [0.15, 0.2) is 17.5 Å². The highest BCUT2D eigenvalue weighted by Crippen LogP contribution is 2.25. The summed E-state index contributed by atoms with van der Waals surface area (Å²) in [5, 5.41) is 15.4. The van der Waals surface area contributed by atoms with Gasteiger partial charge < -0.3 is 9.52 Å². The van der Waals surface area contributed by atoms with E-state index in [0.29, 0.717) is 12.1 Å². The normalized spacial score (nSPS) is 10.7. The largest absolute Gasteiger partial charge is 0.481 e. The predicted octanol–water partition coefficient (Wildman–Crippen LogP) is 2.33. The van der Waals surface area contributed by atoms with Gasteiger partial charge in [-0.2, -0.15) is 0 Å². The number of aromatic nitrogens is 2. The van der Waals surface area contributed by atoms with Crippen LogP contribution in [0.5, 0.6) is 0 Å². The van der Waals surface area contributed by atoms with Crippen LogP contribution in [0.4, 0.5) is 13.2 Å². The topological polar surface area (TPSA) is 76.2 Å². The Morgan fingerprint density at radius 2 is 1.89 bits per heavy atom. The fraction of sp³-hybridized carbons (Fsp3) is 0.100. The fourth-order valence-corrected chi connectivity index (χ4v) is 1.67. The van der Waals surface area contributed by atoms with Crippen LogP contribution in [-0.4, -0.2) is 27.0 Å². The molecule has 0 saturated carbocycles. The summed E-state index contributed by atoms with van der Waals surface area (Å²) in [5.74, 6) is -5.97. The molecule has 5 nitrogen and oxygen atoms in total. The molecule has 0 unspecified atom stereocenters. The lowest BCUT2D eigenvalue weighted by Crippen LogP contribution is -1.97. The van der Waals surface area contributed by atoms with Gasteiger partial charge in [0.25, 0.3) is 5.22 Å². The van der Waals surface area contributed by atoms with Gasteiger partial charge >= 0.3 is 5.97 Å². The summed E-state index contributed by atoms with van der Waals surface area (Å²) in [6.07, 6.45) is 0. The Morgan fingerprint density at radius 1 is 1.26 bits per heavy atom. The average molecular weight is 290 g/mol. The first-order valence-electron chi connectivity index (χ1n) is 4.80. The molecule has 0 saturated heterocycles. The molecular weight excluding hydrogens is 285 g/mol. The van der Waals surface area contributed by atoms with Gasteiger partial charge in [-0.3, -0.25) is 4.79 Å². The highest BCUT2D eigenvalue weighted by atomic mass is 32.2. The minimum atomic E-state index is -1.59. The summed E-state index contributed by atoms with van der Waals surface area (Å²) in [5.41, 5.74) is -0.133. The number of hydrogen-bond acceptors (Lipinski definition) is 5. The molecule has 2 aromatic rings. The summed E-state index contributed by atoms with van der Waals surface area (Å²) in [6, 6.07) is 1.41. The second-order valence-electron chi connectivity index (χ2n) is 3.31. The summed E-state index contributed by atoms with van der Waals surface area (Å²) in [7, 11) is 0. The molecule has 1 aromatic carbocycles. The molecule has 0 fully saturated rings. The number of thioether (sulfide) groups is 1. The van der Waals surface area contributed by atoms with E-state index in [1.807, 2.05) is 0 Å². The molecule has 100 valence electrons. The summed E-state index contributed by atoms with van der Waals surface area (Å²) >= 11 is 0.754. The quantitative estimate of drug-likeness (QED) is 0.688. The number of nitrogens with zero attached hydrogens (tertiary/aromatic N) is 2. The summed E-state index contributed by atoms with van der Waals surface area (Å²) < 4.78 is 43.7. The molecular formula is C10H5F3N2O3S. The van der Waals surface area contributed by atoms with Crippen molar-refractivity contribution in [3.63, 3.8) is 0 Å². The number of aliphatic carboxylic acids is 1. The third kappa shape index (κ3) is 3.05. The van der Waals surface area contributed by atoms with Crippen LogP contribution >= 0.6 is 11.8 Å². The number of carbonyl (C=O) groups is 1. The van der Waals surface area contributed by atoms with E-state index in [4.69, 9.17) is 9.52 Å². The van der Waals surface area contributed by atoms with E-state index < -0.39 is 23.4 Å². The maximum absolute atomic E-state index is 13.0. The Hall–Kier alpha value is -2.03. The third-order valence-corrected chi connectivity index (χ3v) is 2.76. The van der Waals surface area contributed by atoms with Crippen molar-refractivity contribution < 1.29 is 27.5 Å². The minimum Gasteiger partial charge on any atom is -0.481 e. The predicted molar refractivity (Wildman–Crippen MR) is 58.0 cm³/mol. The average Bonchev–Trinajstić information content (AvgIpc) is 2.81. The Labute approximate surface area is 108 Å². The van der Waals surface area contributed by atoms with Gasteiger partial charge in [0.05, 0.1) is 0 Å². The molecule has 0 amide bonds. The maximum atomic E-state index is 13.0. The SMILES string of the molecule is O=C(O)CSc1nnc(-c2cc(F)c(F)c(F)c2)o1. The first kappa shape index (κ1) is 13.4. The van der Waals surface area contributed by atoms with E-state index in [1.54, 1.807) is 0 Å².